The number of amides is 2. The van der Waals surface area contributed by atoms with Gasteiger partial charge in [-0.1, -0.05) is 13.0 Å². The van der Waals surface area contributed by atoms with Crippen LogP contribution in [0.2, 0.25) is 0 Å². The molecule has 1 N–H and O–H groups in total. The first-order valence-corrected chi connectivity index (χ1v) is 9.79. The summed E-state index contributed by atoms with van der Waals surface area (Å²) in [4.78, 5) is 27.3. The van der Waals surface area contributed by atoms with E-state index in [1.165, 1.54) is 12.0 Å². The molecule has 1 aliphatic heterocycles. The molecule has 0 saturated carbocycles. The minimum atomic E-state index is -0.165. The van der Waals surface area contributed by atoms with E-state index < -0.39 is 0 Å². The highest BCUT2D eigenvalue weighted by molar-refractivity contribution is 6.05. The third kappa shape index (κ3) is 4.38. The normalized spacial score (nSPS) is 16.9. The van der Waals surface area contributed by atoms with Crippen LogP contribution in [0.4, 0.5) is 5.69 Å². The summed E-state index contributed by atoms with van der Waals surface area (Å²) < 4.78 is 0. The van der Waals surface area contributed by atoms with E-state index in [9.17, 15) is 9.59 Å². The molecule has 2 amide bonds. The van der Waals surface area contributed by atoms with Gasteiger partial charge in [0.05, 0.1) is 0 Å². The first-order valence-electron chi connectivity index (χ1n) is 9.79. The van der Waals surface area contributed by atoms with Crippen molar-refractivity contribution < 1.29 is 9.59 Å². The molecule has 1 saturated heterocycles. The number of hydrogen-bond acceptors (Lipinski definition) is 2. The molecule has 0 aliphatic carbocycles. The molecule has 1 atom stereocenters. The molecule has 27 heavy (non-hydrogen) atoms. The number of piperidine rings is 1. The van der Waals surface area contributed by atoms with Gasteiger partial charge in [0.15, 0.2) is 0 Å². The van der Waals surface area contributed by atoms with Crippen LogP contribution in [0.3, 0.4) is 0 Å². The molecule has 1 heterocycles. The standard InChI is InChI=1S/C23H28N2O2/c1-4-21-7-5-6-14-25(21)23(27)19-11-9-18(10-12-19)22(26)24-20-13-8-16(2)17(3)15-20/h8-13,15,21H,4-7,14H2,1-3H3,(H,24,26). The summed E-state index contributed by atoms with van der Waals surface area (Å²) in [6, 6.07) is 13.2. The van der Waals surface area contributed by atoms with Crippen molar-refractivity contribution in [1.29, 1.82) is 0 Å². The van der Waals surface area contributed by atoms with Gasteiger partial charge in [-0.05, 0) is 87.1 Å². The number of benzene rings is 2. The van der Waals surface area contributed by atoms with Gasteiger partial charge >= 0.3 is 0 Å². The van der Waals surface area contributed by atoms with Crippen molar-refractivity contribution in [2.75, 3.05) is 11.9 Å². The highest BCUT2D eigenvalue weighted by atomic mass is 16.2. The monoisotopic (exact) mass is 364 g/mol. The molecule has 0 bridgehead atoms. The number of likely N-dealkylation sites (tertiary alicyclic amines) is 1. The Labute approximate surface area is 161 Å². The van der Waals surface area contributed by atoms with Gasteiger partial charge in [0.2, 0.25) is 0 Å². The summed E-state index contributed by atoms with van der Waals surface area (Å²) in [5.74, 6) is -0.0932. The molecular formula is C23H28N2O2. The Hall–Kier alpha value is -2.62. The van der Waals surface area contributed by atoms with Gasteiger partial charge in [-0.3, -0.25) is 9.59 Å². The van der Waals surface area contributed by atoms with Gasteiger partial charge in [-0.15, -0.1) is 0 Å². The average Bonchev–Trinajstić information content (AvgIpc) is 2.70. The van der Waals surface area contributed by atoms with Crippen molar-refractivity contribution in [3.8, 4) is 0 Å². The highest BCUT2D eigenvalue weighted by Crippen LogP contribution is 2.22. The lowest BCUT2D eigenvalue weighted by Crippen LogP contribution is -2.43. The van der Waals surface area contributed by atoms with E-state index in [-0.39, 0.29) is 11.8 Å². The maximum absolute atomic E-state index is 12.8. The van der Waals surface area contributed by atoms with E-state index in [1.54, 1.807) is 24.3 Å². The number of hydrogen-bond donors (Lipinski definition) is 1. The quantitative estimate of drug-likeness (QED) is 0.833. The molecule has 1 fully saturated rings. The van der Waals surface area contributed by atoms with Crippen LogP contribution < -0.4 is 5.32 Å². The summed E-state index contributed by atoms with van der Waals surface area (Å²) in [6.45, 7) is 7.03. The lowest BCUT2D eigenvalue weighted by Gasteiger charge is -2.35. The molecule has 0 radical (unpaired) electrons. The minimum Gasteiger partial charge on any atom is -0.336 e. The average molecular weight is 364 g/mol. The molecular weight excluding hydrogens is 336 g/mol. The van der Waals surface area contributed by atoms with Crippen LogP contribution in [-0.4, -0.2) is 29.3 Å². The van der Waals surface area contributed by atoms with Gasteiger partial charge < -0.3 is 10.2 Å². The fourth-order valence-electron chi connectivity index (χ4n) is 3.64. The molecule has 4 nitrogen and oxygen atoms in total. The molecule has 0 spiro atoms. The fourth-order valence-corrected chi connectivity index (χ4v) is 3.64. The third-order valence-electron chi connectivity index (χ3n) is 5.52. The predicted molar refractivity (Wildman–Crippen MR) is 109 cm³/mol. The number of rotatable bonds is 4. The lowest BCUT2D eigenvalue weighted by atomic mass is 9.98. The number of carbonyl (C=O) groups is 2. The summed E-state index contributed by atoms with van der Waals surface area (Å²) >= 11 is 0. The van der Waals surface area contributed by atoms with Crippen LogP contribution in [0, 0.1) is 13.8 Å². The van der Waals surface area contributed by atoms with Crippen molar-refractivity contribution in [2.45, 2.75) is 52.5 Å². The van der Waals surface area contributed by atoms with E-state index in [4.69, 9.17) is 0 Å². The Morgan fingerprint density at radius 1 is 1.00 bits per heavy atom. The molecule has 142 valence electrons. The molecule has 4 heteroatoms. The van der Waals surface area contributed by atoms with Crippen molar-refractivity contribution >= 4 is 17.5 Å². The molecule has 3 rings (SSSR count). The van der Waals surface area contributed by atoms with Gasteiger partial charge in [0.1, 0.15) is 0 Å². The van der Waals surface area contributed by atoms with Gasteiger partial charge in [0.25, 0.3) is 11.8 Å². The predicted octanol–water partition coefficient (Wildman–Crippen LogP) is 4.96. The Kier molecular flexibility index (Phi) is 5.94. The van der Waals surface area contributed by atoms with Crippen molar-refractivity contribution in [2.24, 2.45) is 0 Å². The molecule has 1 aliphatic rings. The number of anilines is 1. The number of aryl methyl sites for hydroxylation is 2. The Bertz CT molecular complexity index is 827. The van der Waals surface area contributed by atoms with Crippen LogP contribution in [0.5, 0.6) is 0 Å². The minimum absolute atomic E-state index is 0.0719. The highest BCUT2D eigenvalue weighted by Gasteiger charge is 2.26. The van der Waals surface area contributed by atoms with Crippen molar-refractivity contribution in [1.82, 2.24) is 4.90 Å². The van der Waals surface area contributed by atoms with Gasteiger partial charge in [0, 0.05) is 29.4 Å². The van der Waals surface area contributed by atoms with Crippen LogP contribution in [0.15, 0.2) is 42.5 Å². The molecule has 0 aromatic heterocycles. The molecule has 1 unspecified atom stereocenters. The topological polar surface area (TPSA) is 49.4 Å². The van der Waals surface area contributed by atoms with E-state index >= 15 is 0 Å². The third-order valence-corrected chi connectivity index (χ3v) is 5.52. The summed E-state index contributed by atoms with van der Waals surface area (Å²) in [7, 11) is 0. The van der Waals surface area contributed by atoms with E-state index in [0.29, 0.717) is 17.2 Å². The van der Waals surface area contributed by atoms with Crippen molar-refractivity contribution in [3.63, 3.8) is 0 Å². The van der Waals surface area contributed by atoms with Crippen LogP contribution in [0.1, 0.15) is 64.4 Å². The van der Waals surface area contributed by atoms with Gasteiger partial charge in [-0.2, -0.15) is 0 Å². The van der Waals surface area contributed by atoms with E-state index in [2.05, 4.69) is 12.2 Å². The fraction of sp³-hybridized carbons (Fsp3) is 0.391. The smallest absolute Gasteiger partial charge is 0.255 e. The zero-order valence-electron chi connectivity index (χ0n) is 16.4. The number of nitrogens with zero attached hydrogens (tertiary/aromatic N) is 1. The first-order chi connectivity index (χ1) is 13.0. The van der Waals surface area contributed by atoms with Crippen molar-refractivity contribution in [3.05, 3.63) is 64.7 Å². The van der Waals surface area contributed by atoms with Gasteiger partial charge in [-0.25, -0.2) is 0 Å². The zero-order chi connectivity index (χ0) is 19.4. The van der Waals surface area contributed by atoms with Crippen LogP contribution >= 0.6 is 0 Å². The maximum atomic E-state index is 12.8. The first kappa shape index (κ1) is 19.2. The molecule has 2 aromatic rings. The Balaban J connectivity index is 1.69. The van der Waals surface area contributed by atoms with Crippen LogP contribution in [-0.2, 0) is 0 Å². The van der Waals surface area contributed by atoms with Crippen LogP contribution in [0.25, 0.3) is 0 Å². The Morgan fingerprint density at radius 2 is 1.70 bits per heavy atom. The second-order valence-corrected chi connectivity index (χ2v) is 7.39. The summed E-state index contributed by atoms with van der Waals surface area (Å²) in [6.07, 6.45) is 4.33. The SMILES string of the molecule is CCC1CCCCN1C(=O)c1ccc(C(=O)Nc2ccc(C)c(C)c2)cc1. The van der Waals surface area contributed by atoms with E-state index in [0.717, 1.165) is 37.1 Å². The largest absolute Gasteiger partial charge is 0.336 e. The maximum Gasteiger partial charge on any atom is 0.255 e. The number of nitrogens with one attached hydrogen (secondary N) is 1. The lowest BCUT2D eigenvalue weighted by molar-refractivity contribution is 0.0607. The second kappa shape index (κ2) is 8.38. The van der Waals surface area contributed by atoms with E-state index in [1.807, 2.05) is 36.9 Å². The Morgan fingerprint density at radius 3 is 2.37 bits per heavy atom. The number of carbonyl (C=O) groups excluding carboxylic acids is 2. The zero-order valence-corrected chi connectivity index (χ0v) is 16.4. The second-order valence-electron chi connectivity index (χ2n) is 7.39. The summed E-state index contributed by atoms with van der Waals surface area (Å²) in [5, 5.41) is 2.92. The molecule has 2 aromatic carbocycles. The summed E-state index contributed by atoms with van der Waals surface area (Å²) in [5.41, 5.74) is 4.32.